The van der Waals surface area contributed by atoms with Crippen molar-refractivity contribution in [2.45, 2.75) is 13.8 Å². The molecule has 3 rings (SSSR count). The summed E-state index contributed by atoms with van der Waals surface area (Å²) in [5, 5.41) is 0.659. The second kappa shape index (κ2) is 6.26. The highest BCUT2D eigenvalue weighted by molar-refractivity contribution is 7.14. The van der Waals surface area contributed by atoms with Crippen molar-refractivity contribution in [3.8, 4) is 0 Å². The lowest BCUT2D eigenvalue weighted by Crippen LogP contribution is -2.49. The number of anilines is 1. The molecule has 2 aromatic heterocycles. The number of pyridine rings is 1. The topological polar surface area (TPSA) is 36.4 Å². The van der Waals surface area contributed by atoms with Crippen LogP contribution >= 0.6 is 22.9 Å². The number of aryl methyl sites for hydroxylation is 2. The quantitative estimate of drug-likeness (QED) is 0.844. The summed E-state index contributed by atoms with van der Waals surface area (Å²) in [6.07, 6.45) is 1.75. The number of hydrogen-bond acceptors (Lipinski definition) is 4. The van der Waals surface area contributed by atoms with Crippen molar-refractivity contribution in [3.63, 3.8) is 0 Å². The predicted molar refractivity (Wildman–Crippen MR) is 91.2 cm³/mol. The van der Waals surface area contributed by atoms with Crippen LogP contribution in [-0.4, -0.2) is 42.0 Å². The molecule has 0 radical (unpaired) electrons. The molecule has 4 nitrogen and oxygen atoms in total. The number of carbonyl (C=O) groups excluding carboxylic acids is 1. The molecule has 22 heavy (non-hydrogen) atoms. The summed E-state index contributed by atoms with van der Waals surface area (Å²) in [6, 6.07) is 5.66. The first-order valence-electron chi connectivity index (χ1n) is 7.28. The number of thiophene rings is 1. The van der Waals surface area contributed by atoms with Gasteiger partial charge in [0.05, 0.1) is 9.90 Å². The number of hydrogen-bond donors (Lipinski definition) is 0. The van der Waals surface area contributed by atoms with Gasteiger partial charge in [0, 0.05) is 37.3 Å². The van der Waals surface area contributed by atoms with Crippen molar-refractivity contribution in [1.29, 1.82) is 0 Å². The third kappa shape index (κ3) is 2.96. The summed E-state index contributed by atoms with van der Waals surface area (Å²) in [6.45, 7) is 7.00. The van der Waals surface area contributed by atoms with Gasteiger partial charge in [-0.25, -0.2) is 4.98 Å². The molecule has 1 aliphatic rings. The summed E-state index contributed by atoms with van der Waals surface area (Å²) >= 11 is 7.77. The molecule has 116 valence electrons. The molecule has 0 unspecified atom stereocenters. The molecule has 1 amide bonds. The Labute approximate surface area is 139 Å². The van der Waals surface area contributed by atoms with Crippen LogP contribution in [0.4, 0.5) is 5.82 Å². The molecule has 0 bridgehead atoms. The van der Waals surface area contributed by atoms with E-state index in [1.54, 1.807) is 17.5 Å². The minimum absolute atomic E-state index is 0.132. The normalized spacial score (nSPS) is 15.2. The second-order valence-corrected chi connectivity index (χ2v) is 7.10. The summed E-state index contributed by atoms with van der Waals surface area (Å²) in [5.74, 6) is 0.937. The number of piperazine rings is 1. The highest BCUT2D eigenvalue weighted by atomic mass is 35.5. The maximum Gasteiger partial charge on any atom is 0.264 e. The van der Waals surface area contributed by atoms with E-state index < -0.39 is 0 Å². The van der Waals surface area contributed by atoms with E-state index in [0.29, 0.717) is 18.1 Å². The SMILES string of the molecule is Cc1cc(C(=O)N2CCN(c3ncccc3Cl)CC2)sc1C. The number of aromatic nitrogens is 1. The zero-order chi connectivity index (χ0) is 15.7. The van der Waals surface area contributed by atoms with Crippen LogP contribution in [0, 0.1) is 13.8 Å². The Hall–Kier alpha value is -1.59. The minimum atomic E-state index is 0.132. The molecule has 1 aliphatic heterocycles. The fraction of sp³-hybridized carbons (Fsp3) is 0.375. The Balaban J connectivity index is 1.67. The maximum absolute atomic E-state index is 12.6. The van der Waals surface area contributed by atoms with Crippen molar-refractivity contribution in [2.75, 3.05) is 31.1 Å². The van der Waals surface area contributed by atoms with Gasteiger partial charge in [0.2, 0.25) is 0 Å². The van der Waals surface area contributed by atoms with Gasteiger partial charge in [-0.2, -0.15) is 0 Å². The largest absolute Gasteiger partial charge is 0.352 e. The molecule has 1 fully saturated rings. The fourth-order valence-electron chi connectivity index (χ4n) is 2.57. The lowest BCUT2D eigenvalue weighted by atomic mass is 10.2. The standard InChI is InChI=1S/C16H18ClN3OS/c1-11-10-14(22-12(11)2)16(21)20-8-6-19(7-9-20)15-13(17)4-3-5-18-15/h3-5,10H,6-9H2,1-2H3. The fourth-order valence-corrected chi connectivity index (χ4v) is 3.81. The zero-order valence-electron chi connectivity index (χ0n) is 12.7. The number of rotatable bonds is 2. The molecule has 0 aliphatic carbocycles. The minimum Gasteiger partial charge on any atom is -0.352 e. The maximum atomic E-state index is 12.6. The third-order valence-electron chi connectivity index (χ3n) is 3.98. The van der Waals surface area contributed by atoms with Gasteiger partial charge in [-0.1, -0.05) is 11.6 Å². The van der Waals surface area contributed by atoms with Crippen LogP contribution < -0.4 is 4.90 Å². The van der Waals surface area contributed by atoms with Gasteiger partial charge in [-0.05, 0) is 37.6 Å². The Morgan fingerprint density at radius 2 is 2.00 bits per heavy atom. The van der Waals surface area contributed by atoms with Crippen molar-refractivity contribution in [3.05, 3.63) is 44.7 Å². The monoisotopic (exact) mass is 335 g/mol. The van der Waals surface area contributed by atoms with Crippen LogP contribution in [-0.2, 0) is 0 Å². The molecule has 0 N–H and O–H groups in total. The molecule has 0 aromatic carbocycles. The lowest BCUT2D eigenvalue weighted by molar-refractivity contribution is 0.0751. The van der Waals surface area contributed by atoms with E-state index in [0.717, 1.165) is 23.8 Å². The molecule has 2 aromatic rings. The molecule has 1 saturated heterocycles. The van der Waals surface area contributed by atoms with Crippen molar-refractivity contribution < 1.29 is 4.79 Å². The summed E-state index contributed by atoms with van der Waals surface area (Å²) in [4.78, 5) is 23.0. The van der Waals surface area contributed by atoms with Crippen molar-refractivity contribution >= 4 is 34.7 Å². The number of nitrogens with zero attached hydrogens (tertiary/aromatic N) is 3. The smallest absolute Gasteiger partial charge is 0.264 e. The van der Waals surface area contributed by atoms with Crippen LogP contribution in [0.1, 0.15) is 20.1 Å². The van der Waals surface area contributed by atoms with Crippen LogP contribution in [0.25, 0.3) is 0 Å². The van der Waals surface area contributed by atoms with Crippen LogP contribution in [0.5, 0.6) is 0 Å². The summed E-state index contributed by atoms with van der Waals surface area (Å²) < 4.78 is 0. The number of halogens is 1. The van der Waals surface area contributed by atoms with E-state index in [9.17, 15) is 4.79 Å². The van der Waals surface area contributed by atoms with Gasteiger partial charge in [-0.3, -0.25) is 4.79 Å². The first-order valence-corrected chi connectivity index (χ1v) is 8.47. The molecule has 6 heteroatoms. The molecule has 0 saturated carbocycles. The molecule has 3 heterocycles. The highest BCUT2D eigenvalue weighted by Gasteiger charge is 2.24. The van der Waals surface area contributed by atoms with Gasteiger partial charge < -0.3 is 9.80 Å². The Kier molecular flexibility index (Phi) is 4.36. The number of carbonyl (C=O) groups is 1. The lowest BCUT2D eigenvalue weighted by Gasteiger charge is -2.35. The summed E-state index contributed by atoms with van der Waals surface area (Å²) in [5.41, 5.74) is 1.19. The molecular weight excluding hydrogens is 318 g/mol. The van der Waals surface area contributed by atoms with Crippen LogP contribution in [0.3, 0.4) is 0 Å². The van der Waals surface area contributed by atoms with Gasteiger partial charge in [-0.15, -0.1) is 11.3 Å². The predicted octanol–water partition coefficient (Wildman–Crippen LogP) is 3.38. The van der Waals surface area contributed by atoms with Gasteiger partial charge in [0.25, 0.3) is 5.91 Å². The zero-order valence-corrected chi connectivity index (χ0v) is 14.2. The highest BCUT2D eigenvalue weighted by Crippen LogP contribution is 2.25. The van der Waals surface area contributed by atoms with Crippen molar-refractivity contribution in [2.24, 2.45) is 0 Å². The van der Waals surface area contributed by atoms with Crippen LogP contribution in [0.2, 0.25) is 5.02 Å². The van der Waals surface area contributed by atoms with E-state index >= 15 is 0 Å². The average Bonchev–Trinajstić information content (AvgIpc) is 2.87. The van der Waals surface area contributed by atoms with E-state index in [-0.39, 0.29) is 5.91 Å². The van der Waals surface area contributed by atoms with Crippen molar-refractivity contribution in [1.82, 2.24) is 9.88 Å². The van der Waals surface area contributed by atoms with Gasteiger partial charge in [0.15, 0.2) is 0 Å². The summed E-state index contributed by atoms with van der Waals surface area (Å²) in [7, 11) is 0. The van der Waals surface area contributed by atoms with E-state index in [2.05, 4.69) is 16.8 Å². The molecular formula is C16H18ClN3OS. The second-order valence-electron chi connectivity index (χ2n) is 5.44. The Bertz CT molecular complexity index is 673. The Morgan fingerprint density at radius 3 is 2.59 bits per heavy atom. The van der Waals surface area contributed by atoms with E-state index in [4.69, 9.17) is 11.6 Å². The van der Waals surface area contributed by atoms with Crippen LogP contribution in [0.15, 0.2) is 24.4 Å². The van der Waals surface area contributed by atoms with Gasteiger partial charge >= 0.3 is 0 Å². The molecule has 0 spiro atoms. The molecule has 0 atom stereocenters. The number of amides is 1. The van der Waals surface area contributed by atoms with E-state index in [1.165, 1.54) is 10.4 Å². The Morgan fingerprint density at radius 1 is 1.27 bits per heavy atom. The first kappa shape index (κ1) is 15.3. The average molecular weight is 336 g/mol. The first-order chi connectivity index (χ1) is 10.6. The van der Waals surface area contributed by atoms with E-state index in [1.807, 2.05) is 30.0 Å². The third-order valence-corrected chi connectivity index (χ3v) is 5.42. The van der Waals surface area contributed by atoms with Gasteiger partial charge in [0.1, 0.15) is 5.82 Å².